The van der Waals surface area contributed by atoms with Crippen LogP contribution in [0.3, 0.4) is 0 Å². The van der Waals surface area contributed by atoms with Crippen molar-refractivity contribution >= 4 is 5.97 Å². The molecule has 0 saturated heterocycles. The average Bonchev–Trinajstić information content (AvgIpc) is 2.71. The van der Waals surface area contributed by atoms with Gasteiger partial charge >= 0.3 is 5.97 Å². The van der Waals surface area contributed by atoms with Gasteiger partial charge in [-0.25, -0.2) is 4.79 Å². The maximum Gasteiger partial charge on any atom is 0.338 e. The second-order valence-corrected chi connectivity index (χ2v) is 3.82. The number of rotatable bonds is 2. The molecule has 0 bridgehead atoms. The number of allylic oxidation sites excluding steroid dienone is 1. The minimum atomic E-state index is -0.230. The third-order valence-electron chi connectivity index (χ3n) is 2.51. The number of carbonyl (C=O) groups is 1. The van der Waals surface area contributed by atoms with Crippen LogP contribution in [0.1, 0.15) is 28.8 Å². The molecule has 2 rings (SSSR count). The first-order valence-electron chi connectivity index (χ1n) is 5.20. The van der Waals surface area contributed by atoms with Crippen LogP contribution in [0.5, 0.6) is 0 Å². The van der Waals surface area contributed by atoms with E-state index >= 15 is 0 Å². The van der Waals surface area contributed by atoms with E-state index in [9.17, 15) is 4.79 Å². The third kappa shape index (κ3) is 2.46. The quantitative estimate of drug-likeness (QED) is 0.544. The van der Waals surface area contributed by atoms with Crippen LogP contribution in [0, 0.1) is 6.92 Å². The molecule has 0 saturated carbocycles. The Hall–Kier alpha value is -1.57. The first-order valence-corrected chi connectivity index (χ1v) is 5.20. The fourth-order valence-electron chi connectivity index (χ4n) is 1.60. The lowest BCUT2D eigenvalue weighted by Crippen LogP contribution is -2.13. The molecule has 0 fully saturated rings. The standard InChI is InChI=1S/C13H14O2/c1-10-6-8-11(9-7-10)13(14)15-12-4-2-3-5-12/h2,4,6-9,12H,3,5H2,1H3. The van der Waals surface area contributed by atoms with Gasteiger partial charge in [0.15, 0.2) is 0 Å². The maximum atomic E-state index is 11.7. The van der Waals surface area contributed by atoms with Gasteiger partial charge in [-0.15, -0.1) is 0 Å². The molecule has 1 atom stereocenters. The van der Waals surface area contributed by atoms with Crippen molar-refractivity contribution in [1.29, 1.82) is 0 Å². The fraction of sp³-hybridized carbons (Fsp3) is 0.308. The van der Waals surface area contributed by atoms with Gasteiger partial charge in [-0.1, -0.05) is 23.8 Å². The molecule has 0 amide bonds. The molecule has 1 aliphatic rings. The summed E-state index contributed by atoms with van der Waals surface area (Å²) in [6.45, 7) is 1.99. The lowest BCUT2D eigenvalue weighted by molar-refractivity contribution is 0.0395. The molecule has 1 aliphatic carbocycles. The maximum absolute atomic E-state index is 11.7. The van der Waals surface area contributed by atoms with Crippen LogP contribution in [0.25, 0.3) is 0 Å². The molecule has 2 nitrogen and oxygen atoms in total. The predicted octanol–water partition coefficient (Wildman–Crippen LogP) is 2.87. The van der Waals surface area contributed by atoms with Crippen molar-refractivity contribution in [3.63, 3.8) is 0 Å². The van der Waals surface area contributed by atoms with Crippen LogP contribution < -0.4 is 0 Å². The van der Waals surface area contributed by atoms with Gasteiger partial charge in [0.1, 0.15) is 6.10 Å². The molecule has 1 unspecified atom stereocenters. The van der Waals surface area contributed by atoms with E-state index in [4.69, 9.17) is 4.74 Å². The van der Waals surface area contributed by atoms with Crippen molar-refractivity contribution in [1.82, 2.24) is 0 Å². The Morgan fingerprint density at radius 3 is 2.67 bits per heavy atom. The van der Waals surface area contributed by atoms with Gasteiger partial charge in [-0.05, 0) is 38.0 Å². The van der Waals surface area contributed by atoms with Gasteiger partial charge in [0.2, 0.25) is 0 Å². The molecule has 0 radical (unpaired) electrons. The summed E-state index contributed by atoms with van der Waals surface area (Å²) in [4.78, 5) is 11.7. The summed E-state index contributed by atoms with van der Waals surface area (Å²) in [7, 11) is 0. The van der Waals surface area contributed by atoms with Crippen molar-refractivity contribution in [3.8, 4) is 0 Å². The normalized spacial score (nSPS) is 19.1. The molecule has 0 aliphatic heterocycles. The molecular formula is C13H14O2. The van der Waals surface area contributed by atoms with Gasteiger partial charge in [0, 0.05) is 0 Å². The van der Waals surface area contributed by atoms with E-state index in [1.807, 2.05) is 31.2 Å². The van der Waals surface area contributed by atoms with Crippen molar-refractivity contribution in [2.45, 2.75) is 25.9 Å². The third-order valence-corrected chi connectivity index (χ3v) is 2.51. The van der Waals surface area contributed by atoms with Crippen LogP contribution >= 0.6 is 0 Å². The molecule has 78 valence electrons. The highest BCUT2D eigenvalue weighted by Gasteiger charge is 2.15. The van der Waals surface area contributed by atoms with E-state index in [0.29, 0.717) is 5.56 Å². The van der Waals surface area contributed by atoms with Crippen molar-refractivity contribution < 1.29 is 9.53 Å². The zero-order valence-electron chi connectivity index (χ0n) is 8.77. The van der Waals surface area contributed by atoms with E-state index in [1.165, 1.54) is 0 Å². The highest BCUT2D eigenvalue weighted by molar-refractivity contribution is 5.89. The topological polar surface area (TPSA) is 26.3 Å². The first kappa shape index (κ1) is 9.97. The summed E-state index contributed by atoms with van der Waals surface area (Å²) >= 11 is 0. The van der Waals surface area contributed by atoms with Crippen molar-refractivity contribution in [3.05, 3.63) is 47.5 Å². The van der Waals surface area contributed by atoms with Gasteiger partial charge < -0.3 is 4.74 Å². The van der Waals surface area contributed by atoms with Gasteiger partial charge in [0.25, 0.3) is 0 Å². The zero-order chi connectivity index (χ0) is 10.7. The molecule has 0 N–H and O–H groups in total. The summed E-state index contributed by atoms with van der Waals surface area (Å²) in [5.41, 5.74) is 1.77. The molecule has 0 heterocycles. The summed E-state index contributed by atoms with van der Waals surface area (Å²) in [5.74, 6) is -0.230. The summed E-state index contributed by atoms with van der Waals surface area (Å²) < 4.78 is 5.31. The van der Waals surface area contributed by atoms with Crippen LogP contribution in [0.15, 0.2) is 36.4 Å². The molecule has 1 aromatic carbocycles. The van der Waals surface area contributed by atoms with E-state index in [0.717, 1.165) is 18.4 Å². The first-order chi connectivity index (χ1) is 7.25. The van der Waals surface area contributed by atoms with E-state index in [2.05, 4.69) is 0 Å². The summed E-state index contributed by atoms with van der Waals surface area (Å²) in [6, 6.07) is 7.44. The minimum Gasteiger partial charge on any atom is -0.455 e. The number of esters is 1. The lowest BCUT2D eigenvalue weighted by atomic mass is 10.1. The Morgan fingerprint density at radius 1 is 1.33 bits per heavy atom. The molecule has 2 heteroatoms. The Bertz CT molecular complexity index is 376. The Morgan fingerprint density at radius 2 is 2.07 bits per heavy atom. The zero-order valence-corrected chi connectivity index (χ0v) is 8.77. The summed E-state index contributed by atoms with van der Waals surface area (Å²) in [6.07, 6.45) is 5.89. The lowest BCUT2D eigenvalue weighted by Gasteiger charge is -2.09. The van der Waals surface area contributed by atoms with Crippen molar-refractivity contribution in [2.75, 3.05) is 0 Å². The molecule has 0 aromatic heterocycles. The van der Waals surface area contributed by atoms with Crippen LogP contribution in [-0.4, -0.2) is 12.1 Å². The second kappa shape index (κ2) is 4.30. The largest absolute Gasteiger partial charge is 0.455 e. The van der Waals surface area contributed by atoms with Gasteiger partial charge in [-0.3, -0.25) is 0 Å². The van der Waals surface area contributed by atoms with Crippen LogP contribution in [0.4, 0.5) is 0 Å². The van der Waals surface area contributed by atoms with E-state index < -0.39 is 0 Å². The number of carbonyl (C=O) groups excluding carboxylic acids is 1. The Balaban J connectivity index is 2.01. The number of hydrogen-bond donors (Lipinski definition) is 0. The monoisotopic (exact) mass is 202 g/mol. The Kier molecular flexibility index (Phi) is 2.86. The van der Waals surface area contributed by atoms with E-state index in [-0.39, 0.29) is 12.1 Å². The number of hydrogen-bond acceptors (Lipinski definition) is 2. The summed E-state index contributed by atoms with van der Waals surface area (Å²) in [5, 5.41) is 0. The van der Waals surface area contributed by atoms with Crippen LogP contribution in [0.2, 0.25) is 0 Å². The Labute approximate surface area is 89.6 Å². The predicted molar refractivity (Wildman–Crippen MR) is 58.8 cm³/mol. The van der Waals surface area contributed by atoms with Crippen molar-refractivity contribution in [2.24, 2.45) is 0 Å². The highest BCUT2D eigenvalue weighted by atomic mass is 16.5. The minimum absolute atomic E-state index is 0.0289. The number of benzene rings is 1. The fourth-order valence-corrected chi connectivity index (χ4v) is 1.60. The smallest absolute Gasteiger partial charge is 0.338 e. The van der Waals surface area contributed by atoms with Gasteiger partial charge in [-0.2, -0.15) is 0 Å². The molecule has 1 aromatic rings. The number of aryl methyl sites for hydroxylation is 1. The van der Waals surface area contributed by atoms with Crippen LogP contribution in [-0.2, 0) is 4.74 Å². The highest BCUT2D eigenvalue weighted by Crippen LogP contribution is 2.15. The molecule has 15 heavy (non-hydrogen) atoms. The second-order valence-electron chi connectivity index (χ2n) is 3.82. The average molecular weight is 202 g/mol. The number of ether oxygens (including phenoxy) is 1. The molecular weight excluding hydrogens is 188 g/mol. The van der Waals surface area contributed by atoms with E-state index in [1.54, 1.807) is 12.1 Å². The SMILES string of the molecule is Cc1ccc(C(=O)OC2C=CCC2)cc1. The van der Waals surface area contributed by atoms with Gasteiger partial charge in [0.05, 0.1) is 5.56 Å². The molecule has 0 spiro atoms.